The van der Waals surface area contributed by atoms with E-state index in [1.165, 1.54) is 11.3 Å². The number of carbonyl (C=O) groups is 1. The Morgan fingerprint density at radius 1 is 1.28 bits per heavy atom. The van der Waals surface area contributed by atoms with E-state index in [4.69, 9.17) is 16.2 Å². The normalized spacial score (nSPS) is 10.4. The third kappa shape index (κ3) is 3.06. The van der Waals surface area contributed by atoms with Crippen LogP contribution in [0.2, 0.25) is 0 Å². The number of carbonyl (C=O) groups excluding carboxylic acids is 1. The van der Waals surface area contributed by atoms with Gasteiger partial charge in [0.25, 0.3) is 5.91 Å². The molecule has 0 saturated heterocycles. The van der Waals surface area contributed by atoms with Gasteiger partial charge in [-0.3, -0.25) is 4.79 Å². The van der Waals surface area contributed by atoms with Crippen molar-refractivity contribution in [2.24, 2.45) is 5.73 Å². The van der Waals surface area contributed by atoms with Gasteiger partial charge >= 0.3 is 0 Å². The van der Waals surface area contributed by atoms with Gasteiger partial charge in [-0.25, -0.2) is 4.98 Å². The lowest BCUT2D eigenvalue weighted by Gasteiger charge is -2.03. The van der Waals surface area contributed by atoms with E-state index in [0.717, 1.165) is 5.56 Å². The molecule has 0 atom stereocenters. The number of benzene rings is 1. The summed E-state index contributed by atoms with van der Waals surface area (Å²) in [6, 6.07) is 9.76. The van der Waals surface area contributed by atoms with Gasteiger partial charge in [0.15, 0.2) is 5.13 Å². The number of ether oxygens (including phenoxy) is 1. The van der Waals surface area contributed by atoms with Crippen molar-refractivity contribution in [3.05, 3.63) is 46.5 Å². The van der Waals surface area contributed by atoms with Crippen molar-refractivity contribution in [1.29, 1.82) is 0 Å². The number of primary amides is 1. The van der Waals surface area contributed by atoms with Crippen molar-refractivity contribution in [3.63, 3.8) is 0 Å². The molecule has 2 aromatic rings. The first-order valence-electron chi connectivity index (χ1n) is 5.33. The van der Waals surface area contributed by atoms with Crippen LogP contribution in [0, 0.1) is 0 Å². The Bertz CT molecular complexity index is 540. The van der Waals surface area contributed by atoms with E-state index < -0.39 is 5.91 Å². The highest BCUT2D eigenvalue weighted by atomic mass is 32.1. The summed E-state index contributed by atoms with van der Waals surface area (Å²) in [5.41, 5.74) is 12.0. The lowest BCUT2D eigenvalue weighted by Crippen LogP contribution is -2.14. The smallest absolute Gasteiger partial charge is 0.268 e. The van der Waals surface area contributed by atoms with Crippen LogP contribution in [0.3, 0.4) is 0 Å². The fourth-order valence-electron chi connectivity index (χ4n) is 1.50. The fourth-order valence-corrected chi connectivity index (χ4v) is 2.27. The first-order valence-corrected chi connectivity index (χ1v) is 6.15. The van der Waals surface area contributed by atoms with Crippen LogP contribution in [0.5, 0.6) is 0 Å². The van der Waals surface area contributed by atoms with Crippen LogP contribution in [0.15, 0.2) is 30.3 Å². The highest BCUT2D eigenvalue weighted by molar-refractivity contribution is 7.15. The molecule has 18 heavy (non-hydrogen) atoms. The maximum Gasteiger partial charge on any atom is 0.268 e. The number of hydrogen-bond donors (Lipinski definition) is 2. The van der Waals surface area contributed by atoms with Gasteiger partial charge in [0.2, 0.25) is 0 Å². The van der Waals surface area contributed by atoms with Crippen LogP contribution >= 0.6 is 11.3 Å². The van der Waals surface area contributed by atoms with E-state index >= 15 is 0 Å². The van der Waals surface area contributed by atoms with Gasteiger partial charge in [-0.1, -0.05) is 41.7 Å². The number of hydrogen-bond acceptors (Lipinski definition) is 5. The van der Waals surface area contributed by atoms with E-state index in [0.29, 0.717) is 16.6 Å². The van der Waals surface area contributed by atoms with Crippen LogP contribution in [-0.4, -0.2) is 10.9 Å². The molecule has 0 aliphatic rings. The minimum atomic E-state index is -0.582. The minimum Gasteiger partial charge on any atom is -0.375 e. The second-order valence-electron chi connectivity index (χ2n) is 3.67. The Balaban J connectivity index is 1.96. The van der Waals surface area contributed by atoms with Gasteiger partial charge in [-0.2, -0.15) is 0 Å². The predicted octanol–water partition coefficient (Wildman–Crippen LogP) is 1.54. The number of thiazole rings is 1. The zero-order valence-corrected chi connectivity index (χ0v) is 10.4. The quantitative estimate of drug-likeness (QED) is 0.856. The van der Waals surface area contributed by atoms with Crippen LogP contribution in [-0.2, 0) is 18.0 Å². The molecule has 2 rings (SSSR count). The molecule has 1 aromatic carbocycles. The highest BCUT2D eigenvalue weighted by Crippen LogP contribution is 2.21. The van der Waals surface area contributed by atoms with Crippen molar-refractivity contribution in [2.45, 2.75) is 13.2 Å². The number of aromatic nitrogens is 1. The zero-order chi connectivity index (χ0) is 13.0. The number of rotatable bonds is 5. The fraction of sp³-hybridized carbons (Fsp3) is 0.167. The summed E-state index contributed by atoms with van der Waals surface area (Å²) in [5.74, 6) is -0.582. The molecule has 0 saturated carbocycles. The molecule has 0 aliphatic carbocycles. The second kappa shape index (κ2) is 5.61. The monoisotopic (exact) mass is 263 g/mol. The number of nitrogens with two attached hydrogens (primary N) is 2. The van der Waals surface area contributed by atoms with E-state index in [1.54, 1.807) is 0 Å². The Hall–Kier alpha value is -1.92. The van der Waals surface area contributed by atoms with Gasteiger partial charge in [-0.05, 0) is 5.56 Å². The Morgan fingerprint density at radius 2 is 2.00 bits per heavy atom. The van der Waals surface area contributed by atoms with Crippen LogP contribution in [0.1, 0.15) is 20.9 Å². The summed E-state index contributed by atoms with van der Waals surface area (Å²) >= 11 is 1.22. The number of amides is 1. The lowest BCUT2D eigenvalue weighted by molar-refractivity contribution is 0.0968. The van der Waals surface area contributed by atoms with Crippen molar-refractivity contribution < 1.29 is 9.53 Å². The largest absolute Gasteiger partial charge is 0.375 e. The van der Waals surface area contributed by atoms with Gasteiger partial charge < -0.3 is 16.2 Å². The maximum atomic E-state index is 11.1. The Kier molecular flexibility index (Phi) is 3.91. The molecule has 94 valence electrons. The molecular weight excluding hydrogens is 250 g/mol. The van der Waals surface area contributed by atoms with Crippen molar-refractivity contribution in [3.8, 4) is 0 Å². The van der Waals surface area contributed by atoms with E-state index in [1.807, 2.05) is 30.3 Å². The van der Waals surface area contributed by atoms with Crippen LogP contribution in [0.25, 0.3) is 0 Å². The van der Waals surface area contributed by atoms with Crippen molar-refractivity contribution >= 4 is 22.4 Å². The maximum absolute atomic E-state index is 11.1. The molecule has 0 unspecified atom stereocenters. The van der Waals surface area contributed by atoms with Gasteiger partial charge in [0.05, 0.1) is 18.1 Å². The highest BCUT2D eigenvalue weighted by Gasteiger charge is 2.14. The first kappa shape index (κ1) is 12.5. The summed E-state index contributed by atoms with van der Waals surface area (Å²) in [6.07, 6.45) is 0. The molecule has 5 nitrogen and oxygen atoms in total. The summed E-state index contributed by atoms with van der Waals surface area (Å²) < 4.78 is 5.52. The molecule has 0 radical (unpaired) electrons. The topological polar surface area (TPSA) is 91.2 Å². The second-order valence-corrected chi connectivity index (χ2v) is 4.78. The molecule has 1 heterocycles. The molecule has 6 heteroatoms. The molecule has 1 amide bonds. The number of anilines is 1. The molecule has 0 bridgehead atoms. The summed E-state index contributed by atoms with van der Waals surface area (Å²) in [5, 5.41) is 0.321. The van der Waals surface area contributed by atoms with Crippen LogP contribution in [0.4, 0.5) is 5.13 Å². The zero-order valence-electron chi connectivity index (χ0n) is 9.63. The molecule has 1 aromatic heterocycles. The van der Waals surface area contributed by atoms with E-state index in [-0.39, 0.29) is 12.3 Å². The van der Waals surface area contributed by atoms with E-state index in [2.05, 4.69) is 4.98 Å². The van der Waals surface area contributed by atoms with Gasteiger partial charge in [0, 0.05) is 0 Å². The molecular formula is C12H13N3O2S. The Morgan fingerprint density at radius 3 is 2.67 bits per heavy atom. The number of nitrogens with zero attached hydrogens (tertiary/aromatic N) is 1. The average molecular weight is 263 g/mol. The Labute approximate surface area is 108 Å². The first-order chi connectivity index (χ1) is 8.66. The number of nitrogen functional groups attached to an aromatic ring is 1. The van der Waals surface area contributed by atoms with Crippen molar-refractivity contribution in [1.82, 2.24) is 4.98 Å². The summed E-state index contributed by atoms with van der Waals surface area (Å²) in [6.45, 7) is 0.749. The molecule has 0 fully saturated rings. The van der Waals surface area contributed by atoms with Gasteiger partial charge in [-0.15, -0.1) is 0 Å². The molecule has 0 aliphatic heterocycles. The SMILES string of the molecule is NC(=O)c1nc(N)sc1COCc1ccccc1. The van der Waals surface area contributed by atoms with Crippen LogP contribution < -0.4 is 11.5 Å². The minimum absolute atomic E-state index is 0.200. The summed E-state index contributed by atoms with van der Waals surface area (Å²) in [4.78, 5) is 15.7. The van der Waals surface area contributed by atoms with E-state index in [9.17, 15) is 4.79 Å². The van der Waals surface area contributed by atoms with Gasteiger partial charge in [0.1, 0.15) is 5.69 Å². The lowest BCUT2D eigenvalue weighted by atomic mass is 10.2. The standard InChI is InChI=1S/C12H13N3O2S/c13-11(16)10-9(18-12(14)15-10)7-17-6-8-4-2-1-3-5-8/h1-5H,6-7H2,(H2,13,16)(H2,14,15). The summed E-state index contributed by atoms with van der Waals surface area (Å²) in [7, 11) is 0. The predicted molar refractivity (Wildman–Crippen MR) is 70.0 cm³/mol. The molecule has 0 spiro atoms. The molecule has 4 N–H and O–H groups in total. The third-order valence-electron chi connectivity index (χ3n) is 2.29. The third-order valence-corrected chi connectivity index (χ3v) is 3.15. The average Bonchev–Trinajstić information content (AvgIpc) is 2.72. The van der Waals surface area contributed by atoms with Crippen molar-refractivity contribution in [2.75, 3.05) is 5.73 Å².